The summed E-state index contributed by atoms with van der Waals surface area (Å²) in [6.07, 6.45) is 0.133. The average Bonchev–Trinajstić information content (AvgIpc) is 2.89. The second kappa shape index (κ2) is 5.90. The number of halogens is 2. The van der Waals surface area contributed by atoms with Crippen molar-refractivity contribution in [3.05, 3.63) is 34.1 Å². The fourth-order valence-electron chi connectivity index (χ4n) is 1.69. The quantitative estimate of drug-likeness (QED) is 0.930. The molecule has 2 unspecified atom stereocenters. The van der Waals surface area contributed by atoms with Crippen molar-refractivity contribution in [2.24, 2.45) is 0 Å². The minimum atomic E-state index is -0.498. The Bertz CT molecular complexity index is 572. The monoisotopic (exact) mass is 300 g/mol. The number of aromatic nitrogens is 2. The zero-order valence-electron chi connectivity index (χ0n) is 10.6. The minimum absolute atomic E-state index is 0.200. The molecule has 0 aliphatic rings. The Kier molecular flexibility index (Phi) is 4.45. The molecule has 19 heavy (non-hydrogen) atoms. The maximum Gasteiger partial charge on any atom is 0.232 e. The van der Waals surface area contributed by atoms with Crippen molar-refractivity contribution in [2.75, 3.05) is 0 Å². The van der Waals surface area contributed by atoms with Crippen molar-refractivity contribution in [1.82, 2.24) is 10.1 Å². The highest BCUT2D eigenvalue weighted by molar-refractivity contribution is 6.42. The van der Waals surface area contributed by atoms with Crippen molar-refractivity contribution in [1.29, 1.82) is 0 Å². The van der Waals surface area contributed by atoms with Gasteiger partial charge in [-0.1, -0.05) is 42.2 Å². The first-order valence-corrected chi connectivity index (χ1v) is 6.75. The highest BCUT2D eigenvalue weighted by Crippen LogP contribution is 2.28. The van der Waals surface area contributed by atoms with Crippen molar-refractivity contribution in [3.63, 3.8) is 0 Å². The largest absolute Gasteiger partial charge is 0.392 e. The van der Waals surface area contributed by atoms with Crippen molar-refractivity contribution in [3.8, 4) is 11.4 Å². The molecule has 4 nitrogen and oxygen atoms in total. The molecule has 2 rings (SSSR count). The van der Waals surface area contributed by atoms with Gasteiger partial charge in [0.25, 0.3) is 0 Å². The first-order chi connectivity index (χ1) is 9.02. The maximum atomic E-state index is 9.77. The molecule has 0 radical (unpaired) electrons. The standard InChI is InChI=1S/C13H14Cl2N2O2/c1-3-11(18)7(2)13-16-12(17-19-13)8-4-5-9(14)10(15)6-8/h4-7,11,18H,3H2,1-2H3. The van der Waals surface area contributed by atoms with Crippen LogP contribution in [0.1, 0.15) is 32.1 Å². The Labute approximate surface area is 121 Å². The van der Waals surface area contributed by atoms with Crippen LogP contribution in [0, 0.1) is 0 Å². The third-order valence-corrected chi connectivity index (χ3v) is 3.74. The molecule has 2 atom stereocenters. The molecule has 1 N–H and O–H groups in total. The third-order valence-electron chi connectivity index (χ3n) is 3.00. The number of nitrogens with zero attached hydrogens (tertiary/aromatic N) is 2. The molecule has 0 aliphatic heterocycles. The summed E-state index contributed by atoms with van der Waals surface area (Å²) in [6.45, 7) is 3.75. The van der Waals surface area contributed by atoms with E-state index in [1.807, 2.05) is 13.8 Å². The number of hydrogen-bond donors (Lipinski definition) is 1. The van der Waals surface area contributed by atoms with E-state index >= 15 is 0 Å². The van der Waals surface area contributed by atoms with Crippen LogP contribution in [-0.4, -0.2) is 21.4 Å². The predicted octanol–water partition coefficient (Wildman–Crippen LogP) is 3.92. The van der Waals surface area contributed by atoms with Gasteiger partial charge in [-0.15, -0.1) is 0 Å². The van der Waals surface area contributed by atoms with E-state index < -0.39 is 6.10 Å². The topological polar surface area (TPSA) is 59.2 Å². The fourth-order valence-corrected chi connectivity index (χ4v) is 1.99. The normalized spacial score (nSPS) is 14.4. The molecule has 0 bridgehead atoms. The smallest absolute Gasteiger partial charge is 0.232 e. The van der Waals surface area contributed by atoms with Gasteiger partial charge in [0.15, 0.2) is 0 Å². The van der Waals surface area contributed by atoms with E-state index in [-0.39, 0.29) is 5.92 Å². The Morgan fingerprint density at radius 2 is 2.05 bits per heavy atom. The van der Waals surface area contributed by atoms with Crippen LogP contribution in [0.2, 0.25) is 10.0 Å². The molecule has 1 heterocycles. The lowest BCUT2D eigenvalue weighted by Gasteiger charge is -2.11. The van der Waals surface area contributed by atoms with Gasteiger partial charge in [-0.3, -0.25) is 0 Å². The Hall–Kier alpha value is -1.10. The number of benzene rings is 1. The van der Waals surface area contributed by atoms with Crippen LogP contribution >= 0.6 is 23.2 Å². The molecular weight excluding hydrogens is 287 g/mol. The predicted molar refractivity (Wildman–Crippen MR) is 74.5 cm³/mol. The van der Waals surface area contributed by atoms with E-state index in [0.717, 1.165) is 5.56 Å². The summed E-state index contributed by atoms with van der Waals surface area (Å²) in [6, 6.07) is 5.13. The van der Waals surface area contributed by atoms with Gasteiger partial charge in [-0.05, 0) is 24.6 Å². The van der Waals surface area contributed by atoms with E-state index in [1.54, 1.807) is 18.2 Å². The zero-order chi connectivity index (χ0) is 14.0. The van der Waals surface area contributed by atoms with Gasteiger partial charge in [0.05, 0.1) is 22.1 Å². The molecule has 0 saturated heterocycles. The zero-order valence-corrected chi connectivity index (χ0v) is 12.1. The molecule has 102 valence electrons. The molecule has 0 amide bonds. The van der Waals surface area contributed by atoms with Crippen molar-refractivity contribution < 1.29 is 9.63 Å². The second-order valence-electron chi connectivity index (χ2n) is 4.35. The number of aliphatic hydroxyl groups excluding tert-OH is 1. The van der Waals surface area contributed by atoms with Gasteiger partial charge in [-0.2, -0.15) is 4.98 Å². The molecule has 1 aromatic heterocycles. The SMILES string of the molecule is CCC(O)C(C)c1nc(-c2ccc(Cl)c(Cl)c2)no1. The summed E-state index contributed by atoms with van der Waals surface area (Å²) in [5.41, 5.74) is 0.725. The van der Waals surface area contributed by atoms with Crippen LogP contribution in [-0.2, 0) is 0 Å². The Balaban J connectivity index is 2.27. The van der Waals surface area contributed by atoms with Crippen LogP contribution in [0.5, 0.6) is 0 Å². The number of hydrogen-bond acceptors (Lipinski definition) is 4. The molecule has 0 fully saturated rings. The lowest BCUT2D eigenvalue weighted by molar-refractivity contribution is 0.129. The summed E-state index contributed by atoms with van der Waals surface area (Å²) in [7, 11) is 0. The molecule has 6 heteroatoms. The van der Waals surface area contributed by atoms with Gasteiger partial charge in [0, 0.05) is 5.56 Å². The van der Waals surface area contributed by atoms with Gasteiger partial charge in [-0.25, -0.2) is 0 Å². The van der Waals surface area contributed by atoms with Crippen LogP contribution in [0.15, 0.2) is 22.7 Å². The lowest BCUT2D eigenvalue weighted by atomic mass is 10.0. The third kappa shape index (κ3) is 3.08. The number of aliphatic hydroxyl groups is 1. The summed E-state index contributed by atoms with van der Waals surface area (Å²) in [5, 5.41) is 14.6. The first kappa shape index (κ1) is 14.3. The molecule has 0 saturated carbocycles. The fraction of sp³-hybridized carbons (Fsp3) is 0.385. The molecule has 1 aromatic carbocycles. The minimum Gasteiger partial charge on any atom is -0.392 e. The first-order valence-electron chi connectivity index (χ1n) is 6.00. The van der Waals surface area contributed by atoms with Crippen LogP contribution < -0.4 is 0 Å². The highest BCUT2D eigenvalue weighted by atomic mass is 35.5. The molecule has 0 aliphatic carbocycles. The van der Waals surface area contributed by atoms with E-state index in [9.17, 15) is 5.11 Å². The summed E-state index contributed by atoms with van der Waals surface area (Å²) in [4.78, 5) is 4.28. The van der Waals surface area contributed by atoms with E-state index in [1.165, 1.54) is 0 Å². The van der Waals surface area contributed by atoms with Gasteiger partial charge < -0.3 is 9.63 Å². The van der Waals surface area contributed by atoms with E-state index in [0.29, 0.717) is 28.2 Å². The summed E-state index contributed by atoms with van der Waals surface area (Å²) in [5.74, 6) is 0.646. The average molecular weight is 301 g/mol. The number of rotatable bonds is 4. The van der Waals surface area contributed by atoms with E-state index in [2.05, 4.69) is 10.1 Å². The Morgan fingerprint density at radius 1 is 1.32 bits per heavy atom. The lowest BCUT2D eigenvalue weighted by Crippen LogP contribution is -2.14. The molecule has 2 aromatic rings. The van der Waals surface area contributed by atoms with Crippen LogP contribution in [0.25, 0.3) is 11.4 Å². The Morgan fingerprint density at radius 3 is 2.68 bits per heavy atom. The van der Waals surface area contributed by atoms with Crippen molar-refractivity contribution >= 4 is 23.2 Å². The maximum absolute atomic E-state index is 9.77. The second-order valence-corrected chi connectivity index (χ2v) is 5.16. The van der Waals surface area contributed by atoms with Gasteiger partial charge in [0.1, 0.15) is 0 Å². The van der Waals surface area contributed by atoms with E-state index in [4.69, 9.17) is 27.7 Å². The summed E-state index contributed by atoms with van der Waals surface area (Å²) >= 11 is 11.8. The molecular formula is C13H14Cl2N2O2. The van der Waals surface area contributed by atoms with Crippen LogP contribution in [0.4, 0.5) is 0 Å². The van der Waals surface area contributed by atoms with Crippen LogP contribution in [0.3, 0.4) is 0 Å². The summed E-state index contributed by atoms with van der Waals surface area (Å²) < 4.78 is 5.18. The van der Waals surface area contributed by atoms with Gasteiger partial charge >= 0.3 is 0 Å². The highest BCUT2D eigenvalue weighted by Gasteiger charge is 2.21. The van der Waals surface area contributed by atoms with Gasteiger partial charge in [0.2, 0.25) is 11.7 Å². The van der Waals surface area contributed by atoms with Crippen molar-refractivity contribution in [2.45, 2.75) is 32.3 Å². The molecule has 0 spiro atoms.